The normalized spacial score (nSPS) is 20.8. The molecule has 0 aliphatic carbocycles. The first-order chi connectivity index (χ1) is 5.77. The molecule has 62 valence electrons. The second-order valence-electron chi connectivity index (χ2n) is 3.10. The summed E-state index contributed by atoms with van der Waals surface area (Å²) in [4.78, 5) is 0. The lowest BCUT2D eigenvalue weighted by molar-refractivity contribution is 0.982. The summed E-state index contributed by atoms with van der Waals surface area (Å²) in [5, 5.41) is 3.33. The second-order valence-corrected chi connectivity index (χ2v) is 3.10. The van der Waals surface area contributed by atoms with Gasteiger partial charge in [0.2, 0.25) is 0 Å². The Bertz CT molecular complexity index is 328. The average Bonchev–Trinajstić information content (AvgIpc) is 2.04. The van der Waals surface area contributed by atoms with Crippen LogP contribution in [0.1, 0.15) is 12.5 Å². The van der Waals surface area contributed by atoms with E-state index in [4.69, 9.17) is 5.73 Å². The predicted molar refractivity (Wildman–Crippen MR) is 51.7 cm³/mol. The van der Waals surface area contributed by atoms with Crippen LogP contribution in [0.4, 0.5) is 5.69 Å². The third-order valence-electron chi connectivity index (χ3n) is 2.05. The zero-order valence-electron chi connectivity index (χ0n) is 7.04. The first-order valence-corrected chi connectivity index (χ1v) is 4.10. The smallest absolute Gasteiger partial charge is 0.0439 e. The lowest BCUT2D eigenvalue weighted by Crippen LogP contribution is -2.20. The van der Waals surface area contributed by atoms with Crippen LogP contribution in [0, 0.1) is 0 Å². The summed E-state index contributed by atoms with van der Waals surface area (Å²) in [6.45, 7) is 2.09. The molecule has 0 radical (unpaired) electrons. The topological polar surface area (TPSA) is 38.0 Å². The van der Waals surface area contributed by atoms with E-state index in [9.17, 15) is 0 Å². The van der Waals surface area contributed by atoms with Crippen LogP contribution in [0.25, 0.3) is 5.70 Å². The maximum Gasteiger partial charge on any atom is 0.0439 e. The van der Waals surface area contributed by atoms with Crippen LogP contribution < -0.4 is 11.1 Å². The Balaban J connectivity index is 2.53. The lowest BCUT2D eigenvalue weighted by Gasteiger charge is -2.21. The number of para-hydroxylation sites is 1. The van der Waals surface area contributed by atoms with Crippen molar-refractivity contribution in [2.45, 2.75) is 13.0 Å². The van der Waals surface area contributed by atoms with Gasteiger partial charge in [-0.25, -0.2) is 0 Å². The molecule has 2 nitrogen and oxygen atoms in total. The van der Waals surface area contributed by atoms with Gasteiger partial charge in [-0.1, -0.05) is 18.2 Å². The molecule has 3 N–H and O–H groups in total. The van der Waals surface area contributed by atoms with Crippen molar-refractivity contribution in [2.75, 3.05) is 5.32 Å². The number of rotatable bonds is 0. The SMILES string of the molecule is CC1C=C(N)c2ccccc2N1. The molecule has 1 atom stereocenters. The van der Waals surface area contributed by atoms with Gasteiger partial charge in [0, 0.05) is 23.0 Å². The highest BCUT2D eigenvalue weighted by Crippen LogP contribution is 2.25. The standard InChI is InChI=1S/C10H12N2/c1-7-6-9(11)8-4-2-3-5-10(8)12-7/h2-7,12H,11H2,1H3. The molecule has 1 aliphatic heterocycles. The first kappa shape index (κ1) is 7.22. The van der Waals surface area contributed by atoms with Crippen molar-refractivity contribution in [1.82, 2.24) is 0 Å². The van der Waals surface area contributed by atoms with Crippen LogP contribution in [0.3, 0.4) is 0 Å². The Morgan fingerprint density at radius 3 is 2.92 bits per heavy atom. The number of hydrogen-bond donors (Lipinski definition) is 2. The van der Waals surface area contributed by atoms with E-state index in [0.29, 0.717) is 6.04 Å². The van der Waals surface area contributed by atoms with Crippen molar-refractivity contribution < 1.29 is 0 Å². The third-order valence-corrected chi connectivity index (χ3v) is 2.05. The van der Waals surface area contributed by atoms with E-state index < -0.39 is 0 Å². The number of benzene rings is 1. The fourth-order valence-electron chi connectivity index (χ4n) is 1.51. The zero-order valence-corrected chi connectivity index (χ0v) is 7.04. The number of anilines is 1. The minimum absolute atomic E-state index is 0.333. The van der Waals surface area contributed by atoms with Crippen molar-refractivity contribution in [3.8, 4) is 0 Å². The van der Waals surface area contributed by atoms with Crippen molar-refractivity contribution >= 4 is 11.4 Å². The minimum atomic E-state index is 0.333. The van der Waals surface area contributed by atoms with Gasteiger partial charge in [0.05, 0.1) is 0 Å². The molecular weight excluding hydrogens is 148 g/mol. The molecule has 12 heavy (non-hydrogen) atoms. The van der Waals surface area contributed by atoms with Gasteiger partial charge in [-0.2, -0.15) is 0 Å². The molecule has 0 fully saturated rings. The average molecular weight is 160 g/mol. The van der Waals surface area contributed by atoms with Gasteiger partial charge in [0.1, 0.15) is 0 Å². The minimum Gasteiger partial charge on any atom is -0.398 e. The summed E-state index contributed by atoms with van der Waals surface area (Å²) in [7, 11) is 0. The Labute approximate surface area is 72.1 Å². The number of nitrogens with two attached hydrogens (primary N) is 1. The monoisotopic (exact) mass is 160 g/mol. The van der Waals surface area contributed by atoms with Gasteiger partial charge in [0.15, 0.2) is 0 Å². The molecule has 0 aromatic heterocycles. The fourth-order valence-corrected chi connectivity index (χ4v) is 1.51. The quantitative estimate of drug-likeness (QED) is 0.607. The molecule has 2 heteroatoms. The molecule has 0 saturated heterocycles. The maximum atomic E-state index is 5.86. The molecule has 1 heterocycles. The molecular formula is C10H12N2. The highest BCUT2D eigenvalue weighted by Gasteiger charge is 2.11. The van der Waals surface area contributed by atoms with E-state index in [0.717, 1.165) is 16.9 Å². The summed E-state index contributed by atoms with van der Waals surface area (Å²) < 4.78 is 0. The summed E-state index contributed by atoms with van der Waals surface area (Å²) in [5.41, 5.74) is 8.97. The van der Waals surface area contributed by atoms with Crippen molar-refractivity contribution in [3.05, 3.63) is 35.9 Å². The van der Waals surface area contributed by atoms with Crippen LogP contribution >= 0.6 is 0 Å². The van der Waals surface area contributed by atoms with Crippen LogP contribution in [-0.2, 0) is 0 Å². The predicted octanol–water partition coefficient (Wildman–Crippen LogP) is 1.80. The van der Waals surface area contributed by atoms with Crippen molar-refractivity contribution in [2.24, 2.45) is 5.73 Å². The first-order valence-electron chi connectivity index (χ1n) is 4.10. The molecule has 0 spiro atoms. The summed E-state index contributed by atoms with van der Waals surface area (Å²) >= 11 is 0. The maximum absolute atomic E-state index is 5.86. The van der Waals surface area contributed by atoms with Gasteiger partial charge in [0.25, 0.3) is 0 Å². The van der Waals surface area contributed by atoms with E-state index >= 15 is 0 Å². The van der Waals surface area contributed by atoms with Crippen LogP contribution in [0.2, 0.25) is 0 Å². The molecule has 0 amide bonds. The Morgan fingerprint density at radius 2 is 2.08 bits per heavy atom. The van der Waals surface area contributed by atoms with Crippen LogP contribution in [0.15, 0.2) is 30.3 Å². The van der Waals surface area contributed by atoms with E-state index in [2.05, 4.69) is 12.2 Å². The highest BCUT2D eigenvalue weighted by atomic mass is 14.9. The van der Waals surface area contributed by atoms with Gasteiger partial charge in [-0.05, 0) is 19.1 Å². The lowest BCUT2D eigenvalue weighted by atomic mass is 10.0. The van der Waals surface area contributed by atoms with Gasteiger partial charge < -0.3 is 11.1 Å². The van der Waals surface area contributed by atoms with E-state index in [1.165, 1.54) is 0 Å². The third kappa shape index (κ3) is 1.05. The summed E-state index contributed by atoms with van der Waals surface area (Å²) in [6.07, 6.45) is 2.03. The molecule has 1 aromatic rings. The summed E-state index contributed by atoms with van der Waals surface area (Å²) in [6, 6.07) is 8.42. The number of hydrogen-bond acceptors (Lipinski definition) is 2. The second kappa shape index (κ2) is 2.55. The molecule has 1 unspecified atom stereocenters. The Hall–Kier alpha value is -1.44. The van der Waals surface area contributed by atoms with Gasteiger partial charge in [-0.15, -0.1) is 0 Å². The molecule has 0 bridgehead atoms. The number of nitrogens with one attached hydrogen (secondary N) is 1. The van der Waals surface area contributed by atoms with Crippen molar-refractivity contribution in [3.63, 3.8) is 0 Å². The van der Waals surface area contributed by atoms with E-state index in [1.54, 1.807) is 0 Å². The van der Waals surface area contributed by atoms with Crippen LogP contribution in [0.5, 0.6) is 0 Å². The Kier molecular flexibility index (Phi) is 1.54. The van der Waals surface area contributed by atoms with E-state index in [1.807, 2.05) is 30.3 Å². The molecule has 1 aliphatic rings. The fraction of sp³-hybridized carbons (Fsp3) is 0.200. The molecule has 1 aromatic carbocycles. The Morgan fingerprint density at radius 1 is 1.33 bits per heavy atom. The zero-order chi connectivity index (χ0) is 8.55. The molecule has 0 saturated carbocycles. The number of fused-ring (bicyclic) bond motifs is 1. The van der Waals surface area contributed by atoms with Gasteiger partial charge >= 0.3 is 0 Å². The van der Waals surface area contributed by atoms with Crippen LogP contribution in [-0.4, -0.2) is 6.04 Å². The van der Waals surface area contributed by atoms with Crippen molar-refractivity contribution in [1.29, 1.82) is 0 Å². The highest BCUT2D eigenvalue weighted by molar-refractivity contribution is 5.78. The van der Waals surface area contributed by atoms with Gasteiger partial charge in [-0.3, -0.25) is 0 Å². The summed E-state index contributed by atoms with van der Waals surface area (Å²) in [5.74, 6) is 0. The largest absolute Gasteiger partial charge is 0.398 e. The van der Waals surface area contributed by atoms with E-state index in [-0.39, 0.29) is 0 Å². The molecule has 2 rings (SSSR count).